The summed E-state index contributed by atoms with van der Waals surface area (Å²) in [6.45, 7) is 4.94. The molecule has 0 spiro atoms. The Kier molecular flexibility index (Phi) is 4.61. The molecule has 0 bridgehead atoms. The van der Waals surface area contributed by atoms with Crippen LogP contribution in [0.2, 0.25) is 0 Å². The van der Waals surface area contributed by atoms with Gasteiger partial charge in [0, 0.05) is 13.1 Å². The van der Waals surface area contributed by atoms with Gasteiger partial charge in [-0.3, -0.25) is 0 Å². The molecule has 2 heteroatoms. The number of hydrogen-bond donors (Lipinski definition) is 0. The Morgan fingerprint density at radius 1 is 1.75 bits per heavy atom. The number of rotatable bonds is 4. The predicted molar refractivity (Wildman–Crippen MR) is 33.2 cm³/mol. The van der Waals surface area contributed by atoms with Crippen molar-refractivity contribution in [3.05, 3.63) is 12.7 Å². The molecular weight excluding hydrogens is 102 g/mol. The zero-order valence-electron chi connectivity index (χ0n) is 5.26. The highest BCUT2D eigenvalue weighted by molar-refractivity contribution is 4.70. The maximum atomic E-state index is 9.94. The third-order valence-corrected chi connectivity index (χ3v) is 0.914. The van der Waals surface area contributed by atoms with Crippen molar-refractivity contribution in [2.45, 2.75) is 0 Å². The van der Waals surface area contributed by atoms with Crippen LogP contribution in [0.5, 0.6) is 0 Å². The Labute approximate surface area is 50.4 Å². The number of nitrogens with zero attached hydrogens (tertiary/aromatic N) is 1. The van der Waals surface area contributed by atoms with Crippen LogP contribution in [0.25, 0.3) is 0 Å². The second-order valence-corrected chi connectivity index (χ2v) is 1.76. The molecule has 0 amide bonds. The van der Waals surface area contributed by atoms with Crippen molar-refractivity contribution in [3.8, 4) is 0 Å². The van der Waals surface area contributed by atoms with E-state index in [1.54, 1.807) is 6.08 Å². The Balaban J connectivity index is 3.03. The standard InChI is InChI=1S/C6H12NO/c1-3-4-7(2)5-6-8/h3H,1,4-6H2,2H3. The first-order valence-corrected chi connectivity index (χ1v) is 2.68. The van der Waals surface area contributed by atoms with Gasteiger partial charge in [-0.05, 0) is 7.05 Å². The van der Waals surface area contributed by atoms with Crippen LogP contribution >= 0.6 is 0 Å². The maximum absolute atomic E-state index is 9.94. The largest absolute Gasteiger partial charge is 0.300 e. The Morgan fingerprint density at radius 2 is 2.38 bits per heavy atom. The van der Waals surface area contributed by atoms with Gasteiger partial charge in [0.15, 0.2) is 0 Å². The lowest BCUT2D eigenvalue weighted by molar-refractivity contribution is 0.159. The van der Waals surface area contributed by atoms with E-state index in [9.17, 15) is 5.11 Å². The summed E-state index contributed by atoms with van der Waals surface area (Å²) in [6.07, 6.45) is 1.79. The molecule has 0 saturated carbocycles. The molecule has 0 unspecified atom stereocenters. The van der Waals surface area contributed by atoms with Crippen molar-refractivity contribution in [3.63, 3.8) is 0 Å². The monoisotopic (exact) mass is 114 g/mol. The zero-order chi connectivity index (χ0) is 6.41. The molecule has 1 radical (unpaired) electrons. The number of hydrogen-bond acceptors (Lipinski definition) is 1. The lowest BCUT2D eigenvalue weighted by Gasteiger charge is -2.09. The fourth-order valence-electron chi connectivity index (χ4n) is 0.468. The molecule has 0 saturated heterocycles. The third kappa shape index (κ3) is 3.84. The topological polar surface area (TPSA) is 23.1 Å². The van der Waals surface area contributed by atoms with E-state index in [4.69, 9.17) is 0 Å². The van der Waals surface area contributed by atoms with Crippen molar-refractivity contribution < 1.29 is 5.11 Å². The van der Waals surface area contributed by atoms with E-state index in [0.717, 1.165) is 6.54 Å². The lowest BCUT2D eigenvalue weighted by Crippen LogP contribution is -2.21. The summed E-state index contributed by atoms with van der Waals surface area (Å²) in [4.78, 5) is 1.93. The van der Waals surface area contributed by atoms with Gasteiger partial charge in [0.1, 0.15) is 0 Å². The summed E-state index contributed by atoms with van der Waals surface area (Å²) in [5, 5.41) is 9.94. The molecule has 0 fully saturated rings. The predicted octanol–water partition coefficient (Wildman–Crippen LogP) is 0.535. The highest BCUT2D eigenvalue weighted by Gasteiger charge is 1.90. The summed E-state index contributed by atoms with van der Waals surface area (Å²) in [5.41, 5.74) is 0. The fraction of sp³-hybridized carbons (Fsp3) is 0.667. The smallest absolute Gasteiger partial charge is 0.0949 e. The molecule has 0 heterocycles. The van der Waals surface area contributed by atoms with Crippen molar-refractivity contribution in [1.29, 1.82) is 0 Å². The van der Waals surface area contributed by atoms with E-state index in [0.29, 0.717) is 6.54 Å². The van der Waals surface area contributed by atoms with Crippen LogP contribution in [-0.2, 0) is 5.11 Å². The molecule has 0 aromatic heterocycles. The summed E-state index contributed by atoms with van der Waals surface area (Å²) in [5.74, 6) is 0. The minimum Gasteiger partial charge on any atom is -0.300 e. The summed E-state index contributed by atoms with van der Waals surface area (Å²) in [6, 6.07) is 0. The second-order valence-electron chi connectivity index (χ2n) is 1.76. The van der Waals surface area contributed by atoms with E-state index in [1.807, 2.05) is 11.9 Å². The first-order chi connectivity index (χ1) is 3.81. The Hall–Kier alpha value is -0.340. The highest BCUT2D eigenvalue weighted by atomic mass is 16.3. The SMILES string of the molecule is C=CCN(C)CC[O]. The molecule has 2 nitrogen and oxygen atoms in total. The molecule has 0 aromatic carbocycles. The van der Waals surface area contributed by atoms with Crippen LogP contribution in [0.4, 0.5) is 0 Å². The van der Waals surface area contributed by atoms with Gasteiger partial charge in [-0.25, -0.2) is 5.11 Å². The summed E-state index contributed by atoms with van der Waals surface area (Å²) in [7, 11) is 1.90. The van der Waals surface area contributed by atoms with Gasteiger partial charge >= 0.3 is 0 Å². The molecule has 0 aliphatic heterocycles. The van der Waals surface area contributed by atoms with Crippen LogP contribution in [0.1, 0.15) is 0 Å². The summed E-state index contributed by atoms with van der Waals surface area (Å²) < 4.78 is 0. The lowest BCUT2D eigenvalue weighted by atomic mass is 10.5. The van der Waals surface area contributed by atoms with E-state index < -0.39 is 0 Å². The van der Waals surface area contributed by atoms with Gasteiger partial charge in [0.25, 0.3) is 0 Å². The van der Waals surface area contributed by atoms with Crippen molar-refractivity contribution in [2.75, 3.05) is 26.7 Å². The Bertz CT molecular complexity index is 63.5. The van der Waals surface area contributed by atoms with Crippen LogP contribution in [0.3, 0.4) is 0 Å². The van der Waals surface area contributed by atoms with Gasteiger partial charge < -0.3 is 4.90 Å². The average molecular weight is 114 g/mol. The van der Waals surface area contributed by atoms with Crippen LogP contribution < -0.4 is 0 Å². The molecule has 0 N–H and O–H groups in total. The van der Waals surface area contributed by atoms with Gasteiger partial charge in [0.2, 0.25) is 0 Å². The first-order valence-electron chi connectivity index (χ1n) is 2.68. The van der Waals surface area contributed by atoms with Crippen LogP contribution in [0.15, 0.2) is 12.7 Å². The third-order valence-electron chi connectivity index (χ3n) is 0.914. The van der Waals surface area contributed by atoms with Crippen LogP contribution in [-0.4, -0.2) is 31.6 Å². The molecule has 0 aromatic rings. The van der Waals surface area contributed by atoms with E-state index >= 15 is 0 Å². The molecule has 0 aliphatic rings. The normalized spacial score (nSPS) is 9.88. The fourth-order valence-corrected chi connectivity index (χ4v) is 0.468. The Morgan fingerprint density at radius 3 is 2.75 bits per heavy atom. The van der Waals surface area contributed by atoms with E-state index in [2.05, 4.69) is 6.58 Å². The quantitative estimate of drug-likeness (QED) is 0.489. The summed E-state index contributed by atoms with van der Waals surface area (Å²) >= 11 is 0. The second kappa shape index (κ2) is 4.81. The van der Waals surface area contributed by atoms with Gasteiger partial charge in [-0.1, -0.05) is 6.08 Å². The first kappa shape index (κ1) is 7.66. The van der Waals surface area contributed by atoms with E-state index in [-0.39, 0.29) is 6.61 Å². The molecular formula is C6H12NO. The maximum Gasteiger partial charge on any atom is 0.0949 e. The number of likely N-dealkylation sites (N-methyl/N-ethyl adjacent to an activating group) is 1. The molecule has 0 atom stereocenters. The van der Waals surface area contributed by atoms with Gasteiger partial charge in [-0.2, -0.15) is 0 Å². The molecule has 8 heavy (non-hydrogen) atoms. The van der Waals surface area contributed by atoms with Crippen molar-refractivity contribution >= 4 is 0 Å². The molecule has 47 valence electrons. The minimum atomic E-state index is -0.0235. The average Bonchev–Trinajstić information content (AvgIpc) is 1.68. The van der Waals surface area contributed by atoms with Gasteiger partial charge in [-0.15, -0.1) is 6.58 Å². The highest BCUT2D eigenvalue weighted by Crippen LogP contribution is 1.78. The minimum absolute atomic E-state index is 0.0235. The molecule has 0 rings (SSSR count). The van der Waals surface area contributed by atoms with Crippen molar-refractivity contribution in [1.82, 2.24) is 4.90 Å². The zero-order valence-corrected chi connectivity index (χ0v) is 5.26. The van der Waals surface area contributed by atoms with Gasteiger partial charge in [0.05, 0.1) is 6.61 Å². The molecule has 0 aliphatic carbocycles. The van der Waals surface area contributed by atoms with E-state index in [1.165, 1.54) is 0 Å². The van der Waals surface area contributed by atoms with Crippen LogP contribution in [0, 0.1) is 0 Å². The van der Waals surface area contributed by atoms with Crippen molar-refractivity contribution in [2.24, 2.45) is 0 Å².